The molecule has 0 bridgehead atoms. The van der Waals surface area contributed by atoms with Crippen LogP contribution in [-0.4, -0.2) is 46.3 Å². The van der Waals surface area contributed by atoms with Crippen LogP contribution in [0.1, 0.15) is 34.1 Å². The fourth-order valence-corrected chi connectivity index (χ4v) is 2.17. The number of hydrogen-bond acceptors (Lipinski definition) is 3. The summed E-state index contributed by atoms with van der Waals surface area (Å²) in [4.78, 5) is 25.7. The first-order chi connectivity index (χ1) is 7.74. The molecule has 0 saturated carbocycles. The van der Waals surface area contributed by atoms with E-state index in [4.69, 9.17) is 0 Å². The van der Waals surface area contributed by atoms with E-state index >= 15 is 0 Å². The maximum absolute atomic E-state index is 12.3. The minimum atomic E-state index is -0.732. The summed E-state index contributed by atoms with van der Waals surface area (Å²) in [5.74, 6) is -0.0346. The molecular formula is C12H22N2O2S. The maximum atomic E-state index is 12.3. The molecule has 1 N–H and O–H groups in total. The van der Waals surface area contributed by atoms with Crippen LogP contribution in [0.3, 0.4) is 0 Å². The van der Waals surface area contributed by atoms with Crippen LogP contribution < -0.4 is 5.32 Å². The van der Waals surface area contributed by atoms with Gasteiger partial charge in [-0.2, -0.15) is 11.8 Å². The number of carbonyl (C=O) groups is 2. The molecule has 1 saturated heterocycles. The van der Waals surface area contributed by atoms with E-state index in [1.54, 1.807) is 23.6 Å². The predicted molar refractivity (Wildman–Crippen MR) is 71.0 cm³/mol. The number of rotatable bonds is 4. The van der Waals surface area contributed by atoms with Gasteiger partial charge in [-0.1, -0.05) is 6.92 Å². The van der Waals surface area contributed by atoms with Crippen molar-refractivity contribution in [3.63, 3.8) is 0 Å². The van der Waals surface area contributed by atoms with E-state index in [-0.39, 0.29) is 23.1 Å². The van der Waals surface area contributed by atoms with Crippen LogP contribution in [-0.2, 0) is 9.59 Å². The van der Waals surface area contributed by atoms with Gasteiger partial charge in [-0.15, -0.1) is 0 Å². The van der Waals surface area contributed by atoms with Crippen molar-refractivity contribution in [3.05, 3.63) is 0 Å². The maximum Gasteiger partial charge on any atom is 0.248 e. The molecule has 0 aromatic carbocycles. The fourth-order valence-electron chi connectivity index (χ4n) is 1.89. The van der Waals surface area contributed by atoms with Crippen LogP contribution in [0, 0.1) is 0 Å². The Kier molecular flexibility index (Phi) is 4.12. The number of amides is 2. The summed E-state index contributed by atoms with van der Waals surface area (Å²) in [6.07, 6.45) is 2.64. The van der Waals surface area contributed by atoms with Crippen LogP contribution in [0.5, 0.6) is 0 Å². The molecule has 17 heavy (non-hydrogen) atoms. The van der Waals surface area contributed by atoms with Crippen LogP contribution in [0.15, 0.2) is 0 Å². The average molecular weight is 258 g/mol. The SMILES string of the molecule is CCC1(C)NC(=O)CN(CC(C)(C)SC)C1=O. The van der Waals surface area contributed by atoms with Gasteiger partial charge in [0, 0.05) is 11.3 Å². The molecular weight excluding hydrogens is 236 g/mol. The highest BCUT2D eigenvalue weighted by molar-refractivity contribution is 7.99. The summed E-state index contributed by atoms with van der Waals surface area (Å²) < 4.78 is -0.0259. The molecule has 1 aliphatic heterocycles. The quantitative estimate of drug-likeness (QED) is 0.826. The first kappa shape index (κ1) is 14.4. The molecule has 1 heterocycles. The first-order valence-corrected chi connectivity index (χ1v) is 7.12. The lowest BCUT2D eigenvalue weighted by Crippen LogP contribution is -2.66. The lowest BCUT2D eigenvalue weighted by molar-refractivity contribution is -0.149. The highest BCUT2D eigenvalue weighted by Crippen LogP contribution is 2.25. The van der Waals surface area contributed by atoms with Crippen molar-refractivity contribution < 1.29 is 9.59 Å². The van der Waals surface area contributed by atoms with Gasteiger partial charge in [-0.25, -0.2) is 0 Å². The topological polar surface area (TPSA) is 49.4 Å². The summed E-state index contributed by atoms with van der Waals surface area (Å²) in [5, 5.41) is 2.79. The van der Waals surface area contributed by atoms with Crippen molar-refractivity contribution in [1.29, 1.82) is 0 Å². The molecule has 4 nitrogen and oxygen atoms in total. The van der Waals surface area contributed by atoms with E-state index in [1.807, 2.05) is 13.2 Å². The first-order valence-electron chi connectivity index (χ1n) is 5.89. The Labute approximate surface area is 108 Å². The second kappa shape index (κ2) is 4.88. The fraction of sp³-hybridized carbons (Fsp3) is 0.833. The zero-order valence-electron chi connectivity index (χ0n) is 11.3. The second-order valence-electron chi connectivity index (χ2n) is 5.36. The Hall–Kier alpha value is -0.710. The molecule has 2 amide bonds. The van der Waals surface area contributed by atoms with Gasteiger partial charge in [-0.05, 0) is 33.4 Å². The van der Waals surface area contributed by atoms with Crippen LogP contribution in [0.2, 0.25) is 0 Å². The Morgan fingerprint density at radius 1 is 1.47 bits per heavy atom. The highest BCUT2D eigenvalue weighted by atomic mass is 32.2. The average Bonchev–Trinajstić information content (AvgIpc) is 2.25. The van der Waals surface area contributed by atoms with Crippen molar-refractivity contribution in [3.8, 4) is 0 Å². The number of nitrogens with one attached hydrogen (secondary N) is 1. The molecule has 0 aromatic heterocycles. The predicted octanol–water partition coefficient (Wildman–Crippen LogP) is 1.26. The van der Waals surface area contributed by atoms with Gasteiger partial charge in [-0.3, -0.25) is 9.59 Å². The van der Waals surface area contributed by atoms with E-state index in [0.29, 0.717) is 13.0 Å². The van der Waals surface area contributed by atoms with E-state index in [9.17, 15) is 9.59 Å². The Morgan fingerprint density at radius 2 is 2.06 bits per heavy atom. The third-order valence-corrected chi connectivity index (χ3v) is 4.57. The van der Waals surface area contributed by atoms with E-state index in [1.165, 1.54) is 0 Å². The lowest BCUT2D eigenvalue weighted by Gasteiger charge is -2.41. The van der Waals surface area contributed by atoms with Crippen molar-refractivity contribution in [2.45, 2.75) is 44.4 Å². The van der Waals surface area contributed by atoms with Crippen LogP contribution >= 0.6 is 11.8 Å². The van der Waals surface area contributed by atoms with E-state index < -0.39 is 5.54 Å². The standard InChI is InChI=1S/C12H22N2O2S/c1-6-12(4)10(16)14(7-9(15)13-12)8-11(2,3)17-5/h6-8H2,1-5H3,(H,13,15). The molecule has 0 spiro atoms. The van der Waals surface area contributed by atoms with Crippen molar-refractivity contribution in [2.24, 2.45) is 0 Å². The lowest BCUT2D eigenvalue weighted by atomic mass is 9.94. The number of thioether (sulfide) groups is 1. The molecule has 1 atom stereocenters. The molecule has 1 aliphatic rings. The molecule has 0 radical (unpaired) electrons. The molecule has 5 heteroatoms. The zero-order valence-corrected chi connectivity index (χ0v) is 12.1. The molecule has 0 aliphatic carbocycles. The monoisotopic (exact) mass is 258 g/mol. The third kappa shape index (κ3) is 3.15. The number of hydrogen-bond donors (Lipinski definition) is 1. The smallest absolute Gasteiger partial charge is 0.248 e. The van der Waals surface area contributed by atoms with Crippen LogP contribution in [0.25, 0.3) is 0 Å². The summed E-state index contributed by atoms with van der Waals surface area (Å²) in [6, 6.07) is 0. The Bertz CT molecular complexity index is 330. The largest absolute Gasteiger partial charge is 0.340 e. The minimum absolute atomic E-state index is 0.0259. The van der Waals surface area contributed by atoms with Crippen molar-refractivity contribution in [1.82, 2.24) is 10.2 Å². The minimum Gasteiger partial charge on any atom is -0.340 e. The van der Waals surface area contributed by atoms with Crippen molar-refractivity contribution >= 4 is 23.6 Å². The zero-order chi connectivity index (χ0) is 13.3. The number of nitrogens with zero attached hydrogens (tertiary/aromatic N) is 1. The molecule has 1 fully saturated rings. The van der Waals surface area contributed by atoms with E-state index in [2.05, 4.69) is 19.2 Å². The Morgan fingerprint density at radius 3 is 2.53 bits per heavy atom. The summed E-state index contributed by atoms with van der Waals surface area (Å²) in [7, 11) is 0. The summed E-state index contributed by atoms with van der Waals surface area (Å²) in [6.45, 7) is 8.67. The van der Waals surface area contributed by atoms with E-state index in [0.717, 1.165) is 0 Å². The van der Waals surface area contributed by atoms with Gasteiger partial charge < -0.3 is 10.2 Å². The van der Waals surface area contributed by atoms with Gasteiger partial charge in [0.25, 0.3) is 0 Å². The normalized spacial score (nSPS) is 26.1. The molecule has 98 valence electrons. The van der Waals surface area contributed by atoms with Gasteiger partial charge in [0.1, 0.15) is 5.54 Å². The summed E-state index contributed by atoms with van der Waals surface area (Å²) in [5.41, 5.74) is -0.732. The van der Waals surface area contributed by atoms with Crippen molar-refractivity contribution in [2.75, 3.05) is 19.3 Å². The van der Waals surface area contributed by atoms with Gasteiger partial charge in [0.2, 0.25) is 11.8 Å². The highest BCUT2D eigenvalue weighted by Gasteiger charge is 2.42. The summed E-state index contributed by atoms with van der Waals surface area (Å²) >= 11 is 1.71. The molecule has 1 rings (SSSR count). The molecule has 1 unspecified atom stereocenters. The second-order valence-corrected chi connectivity index (χ2v) is 6.87. The third-order valence-electron chi connectivity index (χ3n) is 3.34. The van der Waals surface area contributed by atoms with Gasteiger partial charge in [0.05, 0.1) is 6.54 Å². The molecule has 0 aromatic rings. The van der Waals surface area contributed by atoms with Gasteiger partial charge in [0.15, 0.2) is 0 Å². The van der Waals surface area contributed by atoms with Crippen LogP contribution in [0.4, 0.5) is 0 Å². The number of piperazine rings is 1. The van der Waals surface area contributed by atoms with Gasteiger partial charge >= 0.3 is 0 Å². The number of carbonyl (C=O) groups excluding carboxylic acids is 2. The Balaban J connectivity index is 2.86.